The van der Waals surface area contributed by atoms with Gasteiger partial charge in [0.25, 0.3) is 0 Å². The molecule has 0 aliphatic rings. The molecule has 1 aromatic carbocycles. The molecular weight excluding hydrogens is 179 g/mol. The Morgan fingerprint density at radius 3 is 1.92 bits per heavy atom. The van der Waals surface area contributed by atoms with Gasteiger partial charge >= 0.3 is 29.6 Å². The van der Waals surface area contributed by atoms with Gasteiger partial charge in [-0.1, -0.05) is 30.3 Å². The van der Waals surface area contributed by atoms with E-state index in [1.165, 1.54) is 0 Å². The quantitative estimate of drug-likeness (QED) is 0.355. The number of carbonyl (C=O) groups excluding carboxylic acids is 2. The number of carbonyl (C=O) groups is 2. The summed E-state index contributed by atoms with van der Waals surface area (Å²) >= 11 is 0. The topological polar surface area (TPSA) is 57.2 Å². The van der Waals surface area contributed by atoms with Crippen LogP contribution < -0.4 is 34.7 Å². The van der Waals surface area contributed by atoms with E-state index in [0.29, 0.717) is 0 Å². The van der Waals surface area contributed by atoms with E-state index in [-0.39, 0.29) is 29.6 Å². The predicted molar refractivity (Wildman–Crippen MR) is 42.5 cm³/mol. The van der Waals surface area contributed by atoms with Gasteiger partial charge < -0.3 is 9.90 Å². The van der Waals surface area contributed by atoms with Crippen molar-refractivity contribution in [3.8, 4) is 0 Å². The molecule has 1 rings (SSSR count). The molecule has 0 saturated heterocycles. The summed E-state index contributed by atoms with van der Waals surface area (Å²) in [7, 11) is 0. The van der Waals surface area contributed by atoms with Crippen molar-refractivity contribution in [2.24, 2.45) is 0 Å². The van der Waals surface area contributed by atoms with Crippen LogP contribution in [0.25, 0.3) is 0 Å². The fourth-order valence-electron chi connectivity index (χ4n) is 0.532. The molecule has 0 amide bonds. The Balaban J connectivity index is 0. The Bertz CT molecular complexity index is 242. The van der Waals surface area contributed by atoms with E-state index in [4.69, 9.17) is 9.90 Å². The number of benzene rings is 1. The van der Waals surface area contributed by atoms with E-state index in [1.54, 1.807) is 12.1 Å². The molecule has 0 aromatic heterocycles. The third kappa shape index (κ3) is 11.4. The Morgan fingerprint density at radius 1 is 1.31 bits per heavy atom. The second-order valence-electron chi connectivity index (χ2n) is 2.02. The largest absolute Gasteiger partial charge is 1.00 e. The summed E-state index contributed by atoms with van der Waals surface area (Å²) < 4.78 is 0. The molecule has 0 spiro atoms. The van der Waals surface area contributed by atoms with Gasteiger partial charge in [0.1, 0.15) is 6.29 Å². The van der Waals surface area contributed by atoms with Crippen molar-refractivity contribution in [1.82, 2.24) is 0 Å². The fraction of sp³-hybridized carbons (Fsp3) is 0.111. The first kappa shape index (κ1) is 14.9. The van der Waals surface area contributed by atoms with Crippen LogP contribution >= 0.6 is 0 Å². The molecule has 0 aliphatic carbocycles. The number of rotatable bonds is 1. The number of aldehydes is 1. The first-order valence-electron chi connectivity index (χ1n) is 3.34. The molecule has 0 atom stereocenters. The van der Waals surface area contributed by atoms with E-state index in [0.717, 1.165) is 18.8 Å². The Kier molecular flexibility index (Phi) is 10.8. The molecule has 0 unspecified atom stereocenters. The summed E-state index contributed by atoms with van der Waals surface area (Å²) in [6.07, 6.45) is 0.833. The second kappa shape index (κ2) is 9.45. The van der Waals surface area contributed by atoms with Gasteiger partial charge in [0.2, 0.25) is 0 Å². The molecule has 0 saturated carbocycles. The molecule has 0 N–H and O–H groups in total. The Hall–Kier alpha value is -0.640. The third-order valence-electron chi connectivity index (χ3n) is 0.936. The maximum absolute atomic E-state index is 10.0. The minimum Gasteiger partial charge on any atom is -0.550 e. The van der Waals surface area contributed by atoms with Gasteiger partial charge in [-0.25, -0.2) is 0 Å². The maximum Gasteiger partial charge on any atom is 1.00 e. The molecule has 0 fully saturated rings. The Morgan fingerprint density at radius 2 is 1.69 bits per heavy atom. The summed E-state index contributed by atoms with van der Waals surface area (Å²) in [5, 5.41) is 8.89. The predicted octanol–water partition coefficient (Wildman–Crippen LogP) is -2.74. The van der Waals surface area contributed by atoms with Gasteiger partial charge in [0, 0.05) is 11.5 Å². The second-order valence-corrected chi connectivity index (χ2v) is 2.02. The molecule has 3 nitrogen and oxygen atoms in total. The number of carboxylic acids is 1. The van der Waals surface area contributed by atoms with Crippen LogP contribution in [-0.4, -0.2) is 12.3 Å². The van der Waals surface area contributed by atoms with Crippen molar-refractivity contribution in [1.29, 1.82) is 0 Å². The summed E-state index contributed by atoms with van der Waals surface area (Å²) in [4.78, 5) is 18.9. The molecule has 64 valence electrons. The van der Waals surface area contributed by atoms with Crippen LogP contribution in [0.3, 0.4) is 0 Å². The minimum absolute atomic E-state index is 0. The molecule has 13 heavy (non-hydrogen) atoms. The van der Waals surface area contributed by atoms with Crippen LogP contribution in [0, 0.1) is 0 Å². The number of carboxylic acid groups (broad SMARTS) is 1. The summed E-state index contributed by atoms with van der Waals surface area (Å²) in [5.41, 5.74) is 0.729. The SMILES string of the molecule is CC(=O)[O-].O=Cc1ccccc1.[Na+]. The van der Waals surface area contributed by atoms with Gasteiger partial charge in [-0.2, -0.15) is 0 Å². The van der Waals surface area contributed by atoms with Crippen molar-refractivity contribution in [2.75, 3.05) is 0 Å². The zero-order chi connectivity index (χ0) is 9.40. The van der Waals surface area contributed by atoms with Crippen LogP contribution in [0.1, 0.15) is 17.3 Å². The smallest absolute Gasteiger partial charge is 0.550 e. The van der Waals surface area contributed by atoms with E-state index >= 15 is 0 Å². The molecule has 0 bridgehead atoms. The van der Waals surface area contributed by atoms with Gasteiger partial charge in [0.05, 0.1) is 0 Å². The van der Waals surface area contributed by atoms with Crippen molar-refractivity contribution in [3.63, 3.8) is 0 Å². The first-order valence-corrected chi connectivity index (χ1v) is 3.34. The van der Waals surface area contributed by atoms with E-state index in [9.17, 15) is 4.79 Å². The maximum atomic E-state index is 10.0. The number of hydrogen-bond donors (Lipinski definition) is 0. The van der Waals surface area contributed by atoms with Gasteiger partial charge in [-0.05, 0) is 6.92 Å². The van der Waals surface area contributed by atoms with E-state index in [2.05, 4.69) is 0 Å². The summed E-state index contributed by atoms with van der Waals surface area (Å²) in [6, 6.07) is 9.10. The normalized spacial score (nSPS) is 7.15. The van der Waals surface area contributed by atoms with Gasteiger partial charge in [-0.3, -0.25) is 4.79 Å². The third-order valence-corrected chi connectivity index (χ3v) is 0.936. The Labute approximate surface area is 99.1 Å². The molecule has 0 radical (unpaired) electrons. The zero-order valence-electron chi connectivity index (χ0n) is 7.69. The van der Waals surface area contributed by atoms with Crippen LogP contribution in [0.4, 0.5) is 0 Å². The minimum atomic E-state index is -1.08. The van der Waals surface area contributed by atoms with Crippen LogP contribution in [0.2, 0.25) is 0 Å². The average molecular weight is 188 g/mol. The number of hydrogen-bond acceptors (Lipinski definition) is 3. The molecule has 4 heteroatoms. The summed E-state index contributed by atoms with van der Waals surface area (Å²) in [6.45, 7) is 0.972. The molecule has 0 heterocycles. The molecule has 0 aliphatic heterocycles. The fourth-order valence-corrected chi connectivity index (χ4v) is 0.532. The zero-order valence-corrected chi connectivity index (χ0v) is 9.69. The van der Waals surface area contributed by atoms with Crippen molar-refractivity contribution in [3.05, 3.63) is 35.9 Å². The van der Waals surface area contributed by atoms with Crippen LogP contribution in [0.5, 0.6) is 0 Å². The van der Waals surface area contributed by atoms with Gasteiger partial charge in [0.15, 0.2) is 0 Å². The van der Waals surface area contributed by atoms with E-state index < -0.39 is 5.97 Å². The monoisotopic (exact) mass is 188 g/mol. The van der Waals surface area contributed by atoms with Gasteiger partial charge in [-0.15, -0.1) is 0 Å². The molecular formula is C9H9NaO3. The van der Waals surface area contributed by atoms with Crippen molar-refractivity contribution >= 4 is 12.3 Å². The van der Waals surface area contributed by atoms with Crippen LogP contribution in [0.15, 0.2) is 30.3 Å². The standard InChI is InChI=1S/C7H6O.C2H4O2.Na/c8-6-7-4-2-1-3-5-7;1-2(3)4;/h1-6H;1H3,(H,3,4);/q;;+1/p-1. The first-order chi connectivity index (χ1) is 5.66. The van der Waals surface area contributed by atoms with Crippen molar-refractivity contribution < 1.29 is 44.3 Å². The summed E-state index contributed by atoms with van der Waals surface area (Å²) in [5.74, 6) is -1.08. The van der Waals surface area contributed by atoms with E-state index in [1.807, 2.05) is 18.2 Å². The van der Waals surface area contributed by atoms with Crippen molar-refractivity contribution in [2.45, 2.75) is 6.92 Å². The average Bonchev–Trinajstić information content (AvgIpc) is 2.05. The number of aliphatic carboxylic acids is 1. The molecule has 1 aromatic rings. The van der Waals surface area contributed by atoms with Crippen LogP contribution in [-0.2, 0) is 4.79 Å².